The quantitative estimate of drug-likeness (QED) is 0.923. The fourth-order valence-corrected chi connectivity index (χ4v) is 3.68. The van der Waals surface area contributed by atoms with Gasteiger partial charge in [0.15, 0.2) is 0 Å². The summed E-state index contributed by atoms with van der Waals surface area (Å²) in [5.41, 5.74) is 3.72. The molecule has 3 nitrogen and oxygen atoms in total. The van der Waals surface area contributed by atoms with Crippen LogP contribution in [0.15, 0.2) is 18.2 Å². The first-order valence-corrected chi connectivity index (χ1v) is 8.43. The first kappa shape index (κ1) is 14.6. The Morgan fingerprint density at radius 1 is 1.24 bits per heavy atom. The molecule has 1 heterocycles. The van der Waals surface area contributed by atoms with E-state index in [1.54, 1.807) is 0 Å². The Hall–Kier alpha value is -1.35. The molecule has 1 aromatic carbocycles. The molecule has 1 N–H and O–H groups in total. The number of amides is 1. The second-order valence-corrected chi connectivity index (χ2v) is 6.32. The molecular weight excluding hydrogens is 260 g/mol. The van der Waals surface area contributed by atoms with Gasteiger partial charge in [0.05, 0.1) is 0 Å². The van der Waals surface area contributed by atoms with Crippen LogP contribution in [0.3, 0.4) is 0 Å². The lowest BCUT2D eigenvalue weighted by Gasteiger charge is -2.34. The number of nitrogens with one attached hydrogen (secondary N) is 1. The normalized spacial score (nSPS) is 18.5. The van der Waals surface area contributed by atoms with Gasteiger partial charge in [0.2, 0.25) is 0 Å². The van der Waals surface area contributed by atoms with Gasteiger partial charge in [-0.1, -0.05) is 13.0 Å². The van der Waals surface area contributed by atoms with Gasteiger partial charge in [-0.3, -0.25) is 4.79 Å². The van der Waals surface area contributed by atoms with E-state index in [-0.39, 0.29) is 5.91 Å². The second-order valence-electron chi connectivity index (χ2n) is 6.32. The zero-order valence-corrected chi connectivity index (χ0v) is 13.0. The van der Waals surface area contributed by atoms with Crippen LogP contribution < -0.4 is 5.32 Å². The van der Waals surface area contributed by atoms with Crippen molar-refractivity contribution in [3.05, 3.63) is 34.9 Å². The third-order valence-electron chi connectivity index (χ3n) is 4.82. The minimum atomic E-state index is 0.235. The lowest BCUT2D eigenvalue weighted by molar-refractivity contribution is 0.0642. The smallest absolute Gasteiger partial charge is 0.254 e. The standard InChI is InChI=1S/C18H26N2O/c1-2-12-20(17-8-10-19-11-9-17)18(21)16-7-6-14-4-3-5-15(14)13-16/h6-7,13,17,19H,2-5,8-12H2,1H3. The molecule has 1 fully saturated rings. The predicted molar refractivity (Wildman–Crippen MR) is 85.7 cm³/mol. The highest BCUT2D eigenvalue weighted by Gasteiger charge is 2.26. The highest BCUT2D eigenvalue weighted by atomic mass is 16.2. The number of benzene rings is 1. The highest BCUT2D eigenvalue weighted by molar-refractivity contribution is 5.94. The van der Waals surface area contributed by atoms with Gasteiger partial charge in [-0.2, -0.15) is 0 Å². The van der Waals surface area contributed by atoms with E-state index >= 15 is 0 Å². The molecule has 0 atom stereocenters. The number of rotatable bonds is 4. The molecule has 0 unspecified atom stereocenters. The minimum Gasteiger partial charge on any atom is -0.336 e. The van der Waals surface area contributed by atoms with E-state index in [9.17, 15) is 4.79 Å². The van der Waals surface area contributed by atoms with Gasteiger partial charge >= 0.3 is 0 Å². The Bertz CT molecular complexity index is 506. The van der Waals surface area contributed by atoms with E-state index in [4.69, 9.17) is 0 Å². The monoisotopic (exact) mass is 286 g/mol. The first-order valence-electron chi connectivity index (χ1n) is 8.43. The van der Waals surface area contributed by atoms with Crippen molar-refractivity contribution >= 4 is 5.91 Å². The number of aryl methyl sites for hydroxylation is 2. The van der Waals surface area contributed by atoms with Crippen molar-refractivity contribution in [2.75, 3.05) is 19.6 Å². The van der Waals surface area contributed by atoms with Gasteiger partial charge in [-0.15, -0.1) is 0 Å². The van der Waals surface area contributed by atoms with Gasteiger partial charge in [0.25, 0.3) is 5.91 Å². The minimum absolute atomic E-state index is 0.235. The number of piperidine rings is 1. The Morgan fingerprint density at radius 3 is 2.76 bits per heavy atom. The number of carbonyl (C=O) groups excluding carboxylic acids is 1. The molecule has 0 radical (unpaired) electrons. The predicted octanol–water partition coefficient (Wildman–Crippen LogP) is 2.78. The van der Waals surface area contributed by atoms with Crippen molar-refractivity contribution in [2.24, 2.45) is 0 Å². The first-order chi connectivity index (χ1) is 10.3. The summed E-state index contributed by atoms with van der Waals surface area (Å²) in [6.45, 7) is 5.09. The number of hydrogen-bond donors (Lipinski definition) is 1. The summed E-state index contributed by atoms with van der Waals surface area (Å²) in [4.78, 5) is 15.1. The molecule has 1 amide bonds. The lowest BCUT2D eigenvalue weighted by Crippen LogP contribution is -2.46. The van der Waals surface area contributed by atoms with Crippen LogP contribution in [0.1, 0.15) is 54.1 Å². The number of fused-ring (bicyclic) bond motifs is 1. The Kier molecular flexibility index (Phi) is 4.59. The fraction of sp³-hybridized carbons (Fsp3) is 0.611. The Morgan fingerprint density at radius 2 is 2.00 bits per heavy atom. The van der Waals surface area contributed by atoms with E-state index in [2.05, 4.69) is 29.3 Å². The number of carbonyl (C=O) groups is 1. The van der Waals surface area contributed by atoms with Crippen molar-refractivity contribution < 1.29 is 4.79 Å². The van der Waals surface area contributed by atoms with Crippen molar-refractivity contribution in [3.8, 4) is 0 Å². The van der Waals surface area contributed by atoms with Crippen LogP contribution in [0, 0.1) is 0 Å². The van der Waals surface area contributed by atoms with Crippen LogP contribution in [-0.2, 0) is 12.8 Å². The molecular formula is C18H26N2O. The molecule has 1 aliphatic heterocycles. The van der Waals surface area contributed by atoms with Gasteiger partial charge in [0.1, 0.15) is 0 Å². The Balaban J connectivity index is 1.79. The van der Waals surface area contributed by atoms with E-state index in [0.717, 1.165) is 50.9 Å². The van der Waals surface area contributed by atoms with Crippen LogP contribution in [0.25, 0.3) is 0 Å². The summed E-state index contributed by atoms with van der Waals surface area (Å²) in [5, 5.41) is 3.39. The third kappa shape index (κ3) is 3.13. The SMILES string of the molecule is CCCN(C(=O)c1ccc2c(c1)CCC2)C1CCNCC1. The van der Waals surface area contributed by atoms with E-state index in [1.165, 1.54) is 24.0 Å². The molecule has 21 heavy (non-hydrogen) atoms. The fourth-order valence-electron chi connectivity index (χ4n) is 3.68. The average Bonchev–Trinajstić information content (AvgIpc) is 3.00. The van der Waals surface area contributed by atoms with Gasteiger partial charge < -0.3 is 10.2 Å². The average molecular weight is 286 g/mol. The lowest BCUT2D eigenvalue weighted by atomic mass is 10.0. The molecule has 1 saturated heterocycles. The summed E-state index contributed by atoms with van der Waals surface area (Å²) in [5.74, 6) is 0.235. The summed E-state index contributed by atoms with van der Waals surface area (Å²) < 4.78 is 0. The largest absolute Gasteiger partial charge is 0.336 e. The van der Waals surface area contributed by atoms with Gasteiger partial charge in [-0.25, -0.2) is 0 Å². The molecule has 2 aliphatic rings. The molecule has 0 aromatic heterocycles. The molecule has 1 aromatic rings. The highest BCUT2D eigenvalue weighted by Crippen LogP contribution is 2.24. The van der Waals surface area contributed by atoms with E-state index in [0.29, 0.717) is 6.04 Å². The zero-order valence-electron chi connectivity index (χ0n) is 13.0. The molecule has 3 heteroatoms. The van der Waals surface area contributed by atoms with Crippen molar-refractivity contribution in [3.63, 3.8) is 0 Å². The number of nitrogens with zero attached hydrogens (tertiary/aromatic N) is 1. The summed E-state index contributed by atoms with van der Waals surface area (Å²) in [7, 11) is 0. The van der Waals surface area contributed by atoms with Crippen LogP contribution in [0.4, 0.5) is 0 Å². The van der Waals surface area contributed by atoms with E-state index in [1.807, 2.05) is 6.07 Å². The van der Waals surface area contributed by atoms with Gasteiger partial charge in [-0.05, 0) is 74.9 Å². The van der Waals surface area contributed by atoms with Crippen molar-refractivity contribution in [1.29, 1.82) is 0 Å². The van der Waals surface area contributed by atoms with Crippen molar-refractivity contribution in [1.82, 2.24) is 10.2 Å². The number of hydrogen-bond acceptors (Lipinski definition) is 2. The summed E-state index contributed by atoms with van der Waals surface area (Å²) in [6.07, 6.45) is 6.74. The molecule has 3 rings (SSSR count). The van der Waals surface area contributed by atoms with Crippen LogP contribution in [0.5, 0.6) is 0 Å². The topological polar surface area (TPSA) is 32.3 Å². The second kappa shape index (κ2) is 6.61. The molecule has 114 valence electrons. The zero-order chi connectivity index (χ0) is 14.7. The summed E-state index contributed by atoms with van der Waals surface area (Å²) >= 11 is 0. The van der Waals surface area contributed by atoms with Crippen molar-refractivity contribution in [2.45, 2.75) is 51.5 Å². The molecule has 0 saturated carbocycles. The maximum atomic E-state index is 12.9. The van der Waals surface area contributed by atoms with Crippen LogP contribution in [-0.4, -0.2) is 36.5 Å². The van der Waals surface area contributed by atoms with E-state index < -0.39 is 0 Å². The maximum absolute atomic E-state index is 12.9. The molecule has 0 bridgehead atoms. The summed E-state index contributed by atoms with van der Waals surface area (Å²) in [6, 6.07) is 6.76. The van der Waals surface area contributed by atoms with Crippen LogP contribution >= 0.6 is 0 Å². The molecule has 1 aliphatic carbocycles. The van der Waals surface area contributed by atoms with Crippen LogP contribution in [0.2, 0.25) is 0 Å². The maximum Gasteiger partial charge on any atom is 0.254 e. The van der Waals surface area contributed by atoms with Gasteiger partial charge in [0, 0.05) is 18.2 Å². The molecule has 0 spiro atoms. The Labute approximate surface area is 127 Å². The third-order valence-corrected chi connectivity index (χ3v) is 4.82.